The molecule has 0 bridgehead atoms. The predicted molar refractivity (Wildman–Crippen MR) is 149 cm³/mol. The van der Waals surface area contributed by atoms with Crippen molar-refractivity contribution in [1.82, 2.24) is 9.80 Å². The fourth-order valence-corrected chi connectivity index (χ4v) is 12.1. The lowest BCUT2D eigenvalue weighted by atomic mass is 9.96. The zero-order valence-electron chi connectivity index (χ0n) is 24.2. The molecule has 4 atom stereocenters. The van der Waals surface area contributed by atoms with E-state index in [2.05, 4.69) is 59.6 Å². The fourth-order valence-electron chi connectivity index (χ4n) is 6.81. The first kappa shape index (κ1) is 30.3. The number of nitrogens with zero attached hydrogens (tertiary/aromatic N) is 2. The predicted octanol–water partition coefficient (Wildman–Crippen LogP) is 8.39. The van der Waals surface area contributed by atoms with Gasteiger partial charge in [-0.25, -0.2) is 4.79 Å². The largest absolute Gasteiger partial charge is 0.444 e. The summed E-state index contributed by atoms with van der Waals surface area (Å²) >= 11 is 0. The minimum absolute atomic E-state index is 0.131. The second kappa shape index (κ2) is 10.7. The Hall–Kier alpha value is -2.24. The van der Waals surface area contributed by atoms with Crippen molar-refractivity contribution in [2.45, 2.75) is 121 Å². The molecule has 1 amide bonds. The second-order valence-electron chi connectivity index (χ2n) is 12.5. The van der Waals surface area contributed by atoms with Crippen molar-refractivity contribution in [1.29, 1.82) is 0 Å². The van der Waals surface area contributed by atoms with Crippen LogP contribution in [0.3, 0.4) is 0 Å². The Kier molecular flexibility index (Phi) is 8.56. The molecule has 8 heteroatoms. The summed E-state index contributed by atoms with van der Waals surface area (Å²) in [6.07, 6.45) is -6.15. The third-order valence-corrected chi connectivity index (χ3v) is 14.5. The van der Waals surface area contributed by atoms with Crippen LogP contribution in [0.4, 0.5) is 18.0 Å². The highest BCUT2D eigenvalue weighted by molar-refractivity contribution is 6.90. The molecule has 0 saturated carbocycles. The van der Waals surface area contributed by atoms with Gasteiger partial charge in [0.15, 0.2) is 6.17 Å². The second-order valence-corrected chi connectivity index (χ2v) is 18.1. The molecule has 2 unspecified atom stereocenters. The van der Waals surface area contributed by atoms with Crippen molar-refractivity contribution in [3.63, 3.8) is 0 Å². The molecule has 2 aliphatic rings. The van der Waals surface area contributed by atoms with E-state index in [9.17, 15) is 18.0 Å². The van der Waals surface area contributed by atoms with Crippen molar-refractivity contribution < 1.29 is 22.7 Å². The molecular formula is C30H43F3N2O2Si. The summed E-state index contributed by atoms with van der Waals surface area (Å²) in [7, 11) is -2.11. The monoisotopic (exact) mass is 548 g/mol. The zero-order valence-corrected chi connectivity index (χ0v) is 25.2. The molecule has 0 aliphatic carbocycles. The van der Waals surface area contributed by atoms with Gasteiger partial charge in [0.25, 0.3) is 0 Å². The number of carbonyl (C=O) groups is 1. The standard InChI is InChI=1S/C30H43F3N2O2Si/c1-11-24-22-15-12-13-16-23(22)26-25(17-14-18-38(19(2)3,20(4)5)21(6)7)35(28(36)37-29(8,9)10)27(34(24)26)30(31,32)33/h11-13,15-16,19-21,24-27H,1,17H2,2-10H3/t24?,25-,26?,27+/m0/s1. The molecule has 1 aromatic rings. The Morgan fingerprint density at radius 1 is 1.05 bits per heavy atom. The Balaban J connectivity index is 2.20. The van der Waals surface area contributed by atoms with E-state index >= 15 is 0 Å². The minimum atomic E-state index is -4.70. The van der Waals surface area contributed by atoms with Crippen LogP contribution >= 0.6 is 0 Å². The van der Waals surface area contributed by atoms with Crippen molar-refractivity contribution in [2.24, 2.45) is 0 Å². The maximum absolute atomic E-state index is 14.8. The number of fused-ring (bicyclic) bond motifs is 3. The van der Waals surface area contributed by atoms with Gasteiger partial charge in [-0.3, -0.25) is 9.80 Å². The highest BCUT2D eigenvalue weighted by Crippen LogP contribution is 2.55. The number of ether oxygens (including phenoxy) is 1. The van der Waals surface area contributed by atoms with Gasteiger partial charge in [-0.2, -0.15) is 13.2 Å². The average Bonchev–Trinajstić information content (AvgIpc) is 3.27. The summed E-state index contributed by atoms with van der Waals surface area (Å²) in [6.45, 7) is 22.1. The molecule has 0 N–H and O–H groups in total. The quantitative estimate of drug-likeness (QED) is 0.210. The van der Waals surface area contributed by atoms with Crippen LogP contribution in [0.15, 0.2) is 36.9 Å². The van der Waals surface area contributed by atoms with E-state index in [0.29, 0.717) is 16.6 Å². The molecule has 210 valence electrons. The van der Waals surface area contributed by atoms with Crippen molar-refractivity contribution in [3.8, 4) is 11.5 Å². The molecular weight excluding hydrogens is 505 g/mol. The highest BCUT2D eigenvalue weighted by Gasteiger charge is 2.64. The molecule has 0 radical (unpaired) electrons. The maximum atomic E-state index is 14.8. The van der Waals surface area contributed by atoms with Crippen LogP contribution in [-0.2, 0) is 4.74 Å². The first-order chi connectivity index (χ1) is 17.5. The molecule has 1 aromatic carbocycles. The molecule has 1 saturated heterocycles. The van der Waals surface area contributed by atoms with Gasteiger partial charge < -0.3 is 4.74 Å². The molecule has 4 nitrogen and oxygen atoms in total. The Morgan fingerprint density at radius 2 is 1.58 bits per heavy atom. The van der Waals surface area contributed by atoms with Crippen molar-refractivity contribution in [2.75, 3.05) is 0 Å². The third-order valence-electron chi connectivity index (χ3n) is 8.15. The molecule has 3 rings (SSSR count). The van der Waals surface area contributed by atoms with Gasteiger partial charge in [-0.1, -0.05) is 71.9 Å². The van der Waals surface area contributed by atoms with Crippen molar-refractivity contribution >= 4 is 14.2 Å². The topological polar surface area (TPSA) is 32.8 Å². The highest BCUT2D eigenvalue weighted by atomic mass is 28.3. The first-order valence-corrected chi connectivity index (χ1v) is 15.8. The van der Waals surface area contributed by atoms with E-state index in [1.807, 2.05) is 24.3 Å². The SMILES string of the molecule is C=CC1c2ccccc2C2[C@H](CC#C[Si](C(C)C)(C(C)C)C(C)C)N(C(=O)OC(C)(C)C)[C@H](C(F)(F)F)N12. The zero-order chi connectivity index (χ0) is 28.8. The summed E-state index contributed by atoms with van der Waals surface area (Å²) in [5.74, 6) is 3.35. The molecule has 2 aliphatic heterocycles. The lowest BCUT2D eigenvalue weighted by Crippen LogP contribution is -2.54. The van der Waals surface area contributed by atoms with E-state index in [0.717, 1.165) is 16.0 Å². The lowest BCUT2D eigenvalue weighted by Gasteiger charge is -2.38. The Bertz CT molecular complexity index is 1080. The van der Waals surface area contributed by atoms with E-state index < -0.39 is 50.2 Å². The van der Waals surface area contributed by atoms with Crippen LogP contribution in [0.25, 0.3) is 0 Å². The van der Waals surface area contributed by atoms with Crippen LogP contribution < -0.4 is 0 Å². The molecule has 38 heavy (non-hydrogen) atoms. The maximum Gasteiger partial charge on any atom is 0.422 e. The third kappa shape index (κ3) is 5.29. The van der Waals surface area contributed by atoms with Crippen molar-refractivity contribution in [3.05, 3.63) is 48.0 Å². The van der Waals surface area contributed by atoms with Crippen LogP contribution in [0.2, 0.25) is 16.6 Å². The van der Waals surface area contributed by atoms with Crippen LogP contribution in [0.1, 0.15) is 91.9 Å². The first-order valence-electron chi connectivity index (χ1n) is 13.6. The fraction of sp³-hybridized carbons (Fsp3) is 0.633. The Morgan fingerprint density at radius 3 is 2.03 bits per heavy atom. The number of benzene rings is 1. The normalized spacial score (nSPS) is 23.9. The van der Waals surface area contributed by atoms with Gasteiger partial charge in [0.05, 0.1) is 18.1 Å². The van der Waals surface area contributed by atoms with E-state index in [1.165, 1.54) is 11.0 Å². The van der Waals surface area contributed by atoms with Gasteiger partial charge in [0.1, 0.15) is 13.7 Å². The molecule has 0 aromatic heterocycles. The number of halogens is 3. The number of amides is 1. The van der Waals surface area contributed by atoms with Gasteiger partial charge >= 0.3 is 12.3 Å². The molecule has 2 heterocycles. The number of alkyl halides is 3. The number of carbonyl (C=O) groups excluding carboxylic acids is 1. The van der Waals surface area contributed by atoms with E-state index in [1.54, 1.807) is 20.8 Å². The smallest absolute Gasteiger partial charge is 0.422 e. The lowest BCUT2D eigenvalue weighted by molar-refractivity contribution is -0.210. The summed E-state index contributed by atoms with van der Waals surface area (Å²) < 4.78 is 50.0. The molecule has 0 spiro atoms. The van der Waals surface area contributed by atoms with E-state index in [-0.39, 0.29) is 6.42 Å². The molecule has 1 fully saturated rings. The van der Waals surface area contributed by atoms with Gasteiger partial charge in [-0.15, -0.1) is 18.0 Å². The number of hydrogen-bond donors (Lipinski definition) is 0. The summed E-state index contributed by atoms with van der Waals surface area (Å²) in [4.78, 5) is 15.7. The van der Waals surface area contributed by atoms with Crippen LogP contribution in [0, 0.1) is 11.5 Å². The summed E-state index contributed by atoms with van der Waals surface area (Å²) in [5, 5.41) is 0. The average molecular weight is 549 g/mol. The summed E-state index contributed by atoms with van der Waals surface area (Å²) in [6, 6.07) is 5.19. The minimum Gasteiger partial charge on any atom is -0.444 e. The number of rotatable bonds is 5. The van der Waals surface area contributed by atoms with Crippen LogP contribution in [-0.4, -0.2) is 48.0 Å². The Labute approximate surface area is 227 Å². The number of hydrogen-bond acceptors (Lipinski definition) is 3. The van der Waals surface area contributed by atoms with Gasteiger partial charge in [0.2, 0.25) is 0 Å². The van der Waals surface area contributed by atoms with E-state index in [4.69, 9.17) is 4.74 Å². The van der Waals surface area contributed by atoms with Crippen LogP contribution in [0.5, 0.6) is 0 Å². The van der Waals surface area contributed by atoms with Gasteiger partial charge in [-0.05, 0) is 48.5 Å². The summed E-state index contributed by atoms with van der Waals surface area (Å²) in [5.41, 5.74) is 5.43. The van der Waals surface area contributed by atoms with Gasteiger partial charge in [0, 0.05) is 6.42 Å².